The smallest absolute Gasteiger partial charge is 0.367 e. The van der Waals surface area contributed by atoms with Crippen LogP contribution in [0.25, 0.3) is 0 Å². The third-order valence-corrected chi connectivity index (χ3v) is 5.59. The molecule has 2 aromatic heterocycles. The van der Waals surface area contributed by atoms with Crippen molar-refractivity contribution in [1.82, 2.24) is 19.7 Å². The fraction of sp³-hybridized carbons (Fsp3) is 0.579. The standard InChI is InChI=1S/C19H24F3N5/c1-2-14-9-17(19(20,21)22)27-18(24-14)10-15(25-27)16-6-4-8-26(16)12-13-5-3-7-23-11-13/h3,5,7,10-11,14,16-17,24H,2,4,6,8-9,12H2,1H3/t14-,16-,17-/m1/s1. The minimum absolute atomic E-state index is 0.0260. The third kappa shape index (κ3) is 3.67. The monoisotopic (exact) mass is 379 g/mol. The molecule has 2 aromatic rings. The minimum Gasteiger partial charge on any atom is -0.367 e. The number of hydrogen-bond acceptors (Lipinski definition) is 4. The van der Waals surface area contributed by atoms with Gasteiger partial charge in [0, 0.05) is 31.0 Å². The van der Waals surface area contributed by atoms with Gasteiger partial charge in [0.25, 0.3) is 0 Å². The molecule has 1 saturated heterocycles. The summed E-state index contributed by atoms with van der Waals surface area (Å²) in [6, 6.07) is 4.04. The largest absolute Gasteiger partial charge is 0.410 e. The van der Waals surface area contributed by atoms with Crippen molar-refractivity contribution in [2.24, 2.45) is 0 Å². The van der Waals surface area contributed by atoms with Crippen LogP contribution in [0, 0.1) is 0 Å². The van der Waals surface area contributed by atoms with E-state index < -0.39 is 12.2 Å². The number of fused-ring (bicyclic) bond motifs is 1. The predicted molar refractivity (Wildman–Crippen MR) is 96.3 cm³/mol. The van der Waals surface area contributed by atoms with Gasteiger partial charge in [0.2, 0.25) is 0 Å². The second-order valence-corrected chi connectivity index (χ2v) is 7.43. The summed E-state index contributed by atoms with van der Waals surface area (Å²) in [5.41, 5.74) is 1.83. The van der Waals surface area contributed by atoms with Gasteiger partial charge in [-0.25, -0.2) is 4.68 Å². The lowest BCUT2D eigenvalue weighted by molar-refractivity contribution is -0.173. The van der Waals surface area contributed by atoms with Crippen molar-refractivity contribution < 1.29 is 13.2 Å². The molecule has 8 heteroatoms. The molecular formula is C19H24F3N5. The molecule has 146 valence electrons. The maximum atomic E-state index is 13.6. The zero-order chi connectivity index (χ0) is 19.0. The first-order valence-electron chi connectivity index (χ1n) is 9.51. The molecule has 2 aliphatic rings. The van der Waals surface area contributed by atoms with Crippen molar-refractivity contribution in [3.8, 4) is 0 Å². The number of pyridine rings is 1. The first kappa shape index (κ1) is 18.3. The molecule has 0 saturated carbocycles. The van der Waals surface area contributed by atoms with Crippen molar-refractivity contribution in [3.05, 3.63) is 41.9 Å². The lowest BCUT2D eigenvalue weighted by Crippen LogP contribution is -2.38. The molecule has 4 rings (SSSR count). The van der Waals surface area contributed by atoms with Crippen LogP contribution in [0.2, 0.25) is 0 Å². The summed E-state index contributed by atoms with van der Waals surface area (Å²) in [5.74, 6) is 0.485. The number of aromatic nitrogens is 3. The summed E-state index contributed by atoms with van der Waals surface area (Å²) in [7, 11) is 0. The van der Waals surface area contributed by atoms with Gasteiger partial charge in [0.05, 0.1) is 11.7 Å². The van der Waals surface area contributed by atoms with Crippen molar-refractivity contribution in [2.45, 2.75) is 63.5 Å². The van der Waals surface area contributed by atoms with E-state index in [1.54, 1.807) is 6.20 Å². The number of nitrogens with zero attached hydrogens (tertiary/aromatic N) is 4. The Hall–Kier alpha value is -2.09. The SMILES string of the molecule is CC[C@@H]1C[C@H](C(F)(F)F)n2nc([C@H]3CCCN3Cc3cccnc3)cc2N1. The van der Waals surface area contributed by atoms with E-state index in [-0.39, 0.29) is 18.5 Å². The lowest BCUT2D eigenvalue weighted by atomic mass is 10.0. The zero-order valence-electron chi connectivity index (χ0n) is 15.3. The molecule has 0 aliphatic carbocycles. The average Bonchev–Trinajstić information content (AvgIpc) is 3.26. The fourth-order valence-corrected chi connectivity index (χ4v) is 4.18. The molecule has 0 radical (unpaired) electrons. The number of anilines is 1. The van der Waals surface area contributed by atoms with Gasteiger partial charge in [-0.05, 0) is 43.9 Å². The first-order valence-corrected chi connectivity index (χ1v) is 9.51. The molecule has 0 spiro atoms. The maximum Gasteiger partial charge on any atom is 0.410 e. The molecule has 3 atom stereocenters. The van der Waals surface area contributed by atoms with E-state index in [9.17, 15) is 13.2 Å². The Bertz CT molecular complexity index is 773. The highest BCUT2D eigenvalue weighted by Crippen LogP contribution is 2.42. The summed E-state index contributed by atoms with van der Waals surface area (Å²) >= 11 is 0. The van der Waals surface area contributed by atoms with Crippen LogP contribution in [0.1, 0.15) is 55.9 Å². The van der Waals surface area contributed by atoms with Gasteiger partial charge in [-0.15, -0.1) is 0 Å². The summed E-state index contributed by atoms with van der Waals surface area (Å²) in [4.78, 5) is 6.43. The molecule has 27 heavy (non-hydrogen) atoms. The van der Waals surface area contributed by atoms with Crippen molar-refractivity contribution >= 4 is 5.82 Å². The Balaban J connectivity index is 1.60. The van der Waals surface area contributed by atoms with Crippen LogP contribution in [0.15, 0.2) is 30.6 Å². The van der Waals surface area contributed by atoms with Crippen LogP contribution in [0.4, 0.5) is 19.0 Å². The minimum atomic E-state index is -4.29. The third-order valence-electron chi connectivity index (χ3n) is 5.59. The number of nitrogens with one attached hydrogen (secondary N) is 1. The van der Waals surface area contributed by atoms with Gasteiger partial charge >= 0.3 is 6.18 Å². The lowest BCUT2D eigenvalue weighted by Gasteiger charge is -2.32. The van der Waals surface area contributed by atoms with E-state index in [1.807, 2.05) is 31.3 Å². The molecule has 0 aromatic carbocycles. The van der Waals surface area contributed by atoms with Gasteiger partial charge in [0.15, 0.2) is 6.04 Å². The van der Waals surface area contributed by atoms with Crippen molar-refractivity contribution in [2.75, 3.05) is 11.9 Å². The number of rotatable bonds is 4. The highest BCUT2D eigenvalue weighted by Gasteiger charge is 2.46. The molecule has 0 bridgehead atoms. The maximum absolute atomic E-state index is 13.6. The number of likely N-dealkylation sites (tertiary alicyclic amines) is 1. The second kappa shape index (κ2) is 7.14. The van der Waals surface area contributed by atoms with Crippen LogP contribution in [-0.2, 0) is 6.54 Å². The topological polar surface area (TPSA) is 46.0 Å². The zero-order valence-corrected chi connectivity index (χ0v) is 15.3. The molecule has 5 nitrogen and oxygen atoms in total. The normalized spacial score (nSPS) is 26.0. The Kier molecular flexibility index (Phi) is 4.84. The molecule has 0 unspecified atom stereocenters. The van der Waals surface area contributed by atoms with E-state index in [1.165, 1.54) is 0 Å². The van der Waals surface area contributed by atoms with Crippen LogP contribution in [0.3, 0.4) is 0 Å². The highest BCUT2D eigenvalue weighted by atomic mass is 19.4. The Morgan fingerprint density at radius 1 is 1.33 bits per heavy atom. The van der Waals surface area contributed by atoms with E-state index >= 15 is 0 Å². The van der Waals surface area contributed by atoms with E-state index in [0.717, 1.165) is 41.9 Å². The highest BCUT2D eigenvalue weighted by molar-refractivity contribution is 5.42. The predicted octanol–water partition coefficient (Wildman–Crippen LogP) is 4.31. The fourth-order valence-electron chi connectivity index (χ4n) is 4.18. The molecule has 1 fully saturated rings. The van der Waals surface area contributed by atoms with Crippen LogP contribution in [-0.4, -0.2) is 38.4 Å². The molecule has 2 aliphatic heterocycles. The van der Waals surface area contributed by atoms with Crippen molar-refractivity contribution in [3.63, 3.8) is 0 Å². The summed E-state index contributed by atoms with van der Waals surface area (Å²) < 4.78 is 41.9. The van der Waals surface area contributed by atoms with Gasteiger partial charge in [-0.1, -0.05) is 13.0 Å². The van der Waals surface area contributed by atoms with Gasteiger partial charge in [-0.3, -0.25) is 9.88 Å². The van der Waals surface area contributed by atoms with E-state index in [4.69, 9.17) is 0 Å². The van der Waals surface area contributed by atoms with Gasteiger partial charge < -0.3 is 5.32 Å². The molecule has 0 amide bonds. The molecule has 4 heterocycles. The average molecular weight is 379 g/mol. The molecule has 1 N–H and O–H groups in total. The Morgan fingerprint density at radius 2 is 2.19 bits per heavy atom. The quantitative estimate of drug-likeness (QED) is 0.860. The van der Waals surface area contributed by atoms with Gasteiger partial charge in [0.1, 0.15) is 5.82 Å². The number of hydrogen-bond donors (Lipinski definition) is 1. The van der Waals surface area contributed by atoms with Crippen LogP contribution < -0.4 is 5.32 Å². The number of alkyl halides is 3. The summed E-state index contributed by atoms with van der Waals surface area (Å²) in [5, 5.41) is 7.65. The number of halogens is 3. The van der Waals surface area contributed by atoms with Crippen LogP contribution >= 0.6 is 0 Å². The summed E-state index contributed by atoms with van der Waals surface area (Å²) in [6.45, 7) is 3.55. The Morgan fingerprint density at radius 3 is 2.89 bits per heavy atom. The molecular weight excluding hydrogens is 355 g/mol. The van der Waals surface area contributed by atoms with Gasteiger partial charge in [-0.2, -0.15) is 18.3 Å². The summed E-state index contributed by atoms with van der Waals surface area (Å²) in [6.07, 6.45) is 1.88. The van der Waals surface area contributed by atoms with E-state index in [0.29, 0.717) is 12.2 Å². The van der Waals surface area contributed by atoms with E-state index in [2.05, 4.69) is 20.3 Å². The van der Waals surface area contributed by atoms with Crippen molar-refractivity contribution in [1.29, 1.82) is 0 Å². The first-order chi connectivity index (χ1) is 13.0. The Labute approximate surface area is 156 Å². The van der Waals surface area contributed by atoms with Crippen LogP contribution in [0.5, 0.6) is 0 Å². The second-order valence-electron chi connectivity index (χ2n) is 7.43.